The standard InChI is InChI=1S/C27H36N4O2S/c1-5-20-11-8-9-12-24(20)29-27(34)31(16-10-15-30(6-2)7-3)19-22-17-21-18-23(33-4)13-14-25(21)28-26(22)32/h8-9,11-14,17-18H,5-7,10,15-16,19H2,1-4H3,(H,28,32)(H,29,34). The number of nitrogens with one attached hydrogen (secondary N) is 2. The first-order valence-electron chi connectivity index (χ1n) is 12.0. The number of pyridine rings is 1. The van der Waals surface area contributed by atoms with Gasteiger partial charge in [0.2, 0.25) is 0 Å². The van der Waals surface area contributed by atoms with Crippen molar-refractivity contribution in [1.29, 1.82) is 0 Å². The van der Waals surface area contributed by atoms with Crippen LogP contribution < -0.4 is 15.6 Å². The van der Waals surface area contributed by atoms with E-state index in [1.165, 1.54) is 5.56 Å². The number of benzene rings is 2. The van der Waals surface area contributed by atoms with Crippen LogP contribution in [0.2, 0.25) is 0 Å². The normalized spacial score (nSPS) is 11.1. The van der Waals surface area contributed by atoms with Crippen LogP contribution in [0.3, 0.4) is 0 Å². The van der Waals surface area contributed by atoms with Crippen molar-refractivity contribution in [3.8, 4) is 5.75 Å². The quantitative estimate of drug-likeness (QED) is 0.376. The number of anilines is 1. The van der Waals surface area contributed by atoms with Crippen LogP contribution in [0.4, 0.5) is 5.69 Å². The Balaban J connectivity index is 1.85. The molecule has 3 aromatic rings. The number of hydrogen-bond donors (Lipinski definition) is 2. The first-order valence-corrected chi connectivity index (χ1v) is 12.5. The molecule has 0 unspecified atom stereocenters. The number of thiocarbonyl (C=S) groups is 1. The van der Waals surface area contributed by atoms with E-state index in [4.69, 9.17) is 17.0 Å². The molecule has 6 nitrogen and oxygen atoms in total. The van der Waals surface area contributed by atoms with Crippen LogP contribution in [-0.4, -0.2) is 53.2 Å². The zero-order valence-corrected chi connectivity index (χ0v) is 21.5. The van der Waals surface area contributed by atoms with Crippen LogP contribution in [0.25, 0.3) is 10.9 Å². The third-order valence-electron chi connectivity index (χ3n) is 6.21. The Morgan fingerprint density at radius 2 is 1.79 bits per heavy atom. The number of methoxy groups -OCH3 is 1. The molecule has 2 aromatic carbocycles. The number of aryl methyl sites for hydroxylation is 1. The molecule has 0 radical (unpaired) electrons. The average Bonchev–Trinajstić information content (AvgIpc) is 2.86. The number of rotatable bonds is 11. The van der Waals surface area contributed by atoms with Crippen LogP contribution in [-0.2, 0) is 13.0 Å². The molecule has 0 aliphatic carbocycles. The van der Waals surface area contributed by atoms with Crippen LogP contribution >= 0.6 is 12.2 Å². The van der Waals surface area contributed by atoms with E-state index in [0.29, 0.717) is 17.2 Å². The predicted octanol–water partition coefficient (Wildman–Crippen LogP) is 5.03. The average molecular weight is 481 g/mol. The molecule has 0 fully saturated rings. The highest BCUT2D eigenvalue weighted by atomic mass is 32.1. The lowest BCUT2D eigenvalue weighted by Crippen LogP contribution is -2.38. The van der Waals surface area contributed by atoms with Gasteiger partial charge in [0, 0.05) is 28.7 Å². The summed E-state index contributed by atoms with van der Waals surface area (Å²) in [5, 5.41) is 5.00. The van der Waals surface area contributed by atoms with E-state index in [2.05, 4.69) is 46.9 Å². The Hall–Kier alpha value is -2.90. The molecule has 0 aliphatic rings. The number of aromatic amines is 1. The van der Waals surface area contributed by atoms with Crippen molar-refractivity contribution in [2.24, 2.45) is 0 Å². The maximum Gasteiger partial charge on any atom is 0.253 e. The summed E-state index contributed by atoms with van der Waals surface area (Å²) in [4.78, 5) is 20.4. The predicted molar refractivity (Wildman–Crippen MR) is 146 cm³/mol. The molecule has 0 atom stereocenters. The summed E-state index contributed by atoms with van der Waals surface area (Å²) in [5.41, 5.74) is 3.60. The summed E-state index contributed by atoms with van der Waals surface area (Å²) >= 11 is 5.85. The van der Waals surface area contributed by atoms with Crippen molar-refractivity contribution in [2.75, 3.05) is 38.6 Å². The molecule has 0 bridgehead atoms. The molecule has 182 valence electrons. The van der Waals surface area contributed by atoms with E-state index in [1.54, 1.807) is 7.11 Å². The molecule has 0 saturated heterocycles. The summed E-state index contributed by atoms with van der Waals surface area (Å²) in [6.45, 7) is 10.7. The van der Waals surface area contributed by atoms with Crippen molar-refractivity contribution >= 4 is 33.9 Å². The Kier molecular flexibility index (Phi) is 9.48. The molecule has 0 amide bonds. The highest BCUT2D eigenvalue weighted by Crippen LogP contribution is 2.20. The second-order valence-electron chi connectivity index (χ2n) is 8.32. The SMILES string of the molecule is CCc1ccccc1NC(=S)N(CCCN(CC)CC)Cc1cc2cc(OC)ccc2[nH]c1=O. The molecule has 1 aromatic heterocycles. The van der Waals surface area contributed by atoms with Gasteiger partial charge in [0.05, 0.1) is 13.7 Å². The van der Waals surface area contributed by atoms with Crippen LogP contribution in [0, 0.1) is 0 Å². The van der Waals surface area contributed by atoms with Gasteiger partial charge >= 0.3 is 0 Å². The summed E-state index contributed by atoms with van der Waals surface area (Å²) in [7, 11) is 1.64. The number of nitrogens with zero attached hydrogens (tertiary/aromatic N) is 2. The lowest BCUT2D eigenvalue weighted by Gasteiger charge is -2.28. The van der Waals surface area contributed by atoms with E-state index < -0.39 is 0 Å². The third-order valence-corrected chi connectivity index (χ3v) is 6.57. The second kappa shape index (κ2) is 12.5. The second-order valence-corrected chi connectivity index (χ2v) is 8.71. The highest BCUT2D eigenvalue weighted by Gasteiger charge is 2.15. The lowest BCUT2D eigenvalue weighted by atomic mass is 10.1. The number of ether oxygens (including phenoxy) is 1. The molecular formula is C27H36N4O2S. The number of H-pyrrole nitrogens is 1. The van der Waals surface area contributed by atoms with Gasteiger partial charge in [-0.1, -0.05) is 39.0 Å². The van der Waals surface area contributed by atoms with Gasteiger partial charge in [-0.05, 0) is 80.6 Å². The minimum atomic E-state index is -0.0943. The van der Waals surface area contributed by atoms with Gasteiger partial charge in [0.25, 0.3) is 5.56 Å². The van der Waals surface area contributed by atoms with Crippen LogP contribution in [0.15, 0.2) is 53.3 Å². The van der Waals surface area contributed by atoms with Gasteiger partial charge in [-0.15, -0.1) is 0 Å². The number of aromatic nitrogens is 1. The van der Waals surface area contributed by atoms with Crippen molar-refractivity contribution < 1.29 is 4.74 Å². The van der Waals surface area contributed by atoms with Gasteiger partial charge in [0.15, 0.2) is 5.11 Å². The van der Waals surface area contributed by atoms with Crippen molar-refractivity contribution in [3.05, 3.63) is 70.0 Å². The molecule has 34 heavy (non-hydrogen) atoms. The lowest BCUT2D eigenvalue weighted by molar-refractivity contribution is 0.281. The zero-order valence-electron chi connectivity index (χ0n) is 20.7. The van der Waals surface area contributed by atoms with Gasteiger partial charge in [-0.25, -0.2) is 0 Å². The van der Waals surface area contributed by atoms with Gasteiger partial charge in [-0.3, -0.25) is 4.79 Å². The summed E-state index contributed by atoms with van der Waals surface area (Å²) < 4.78 is 5.36. The Labute approximate surface area is 207 Å². The van der Waals surface area contributed by atoms with Crippen molar-refractivity contribution in [1.82, 2.24) is 14.8 Å². The summed E-state index contributed by atoms with van der Waals surface area (Å²) in [6.07, 6.45) is 1.87. The first-order chi connectivity index (χ1) is 16.5. The summed E-state index contributed by atoms with van der Waals surface area (Å²) in [6, 6.07) is 15.8. The zero-order chi connectivity index (χ0) is 24.5. The fourth-order valence-electron chi connectivity index (χ4n) is 4.10. The summed E-state index contributed by atoms with van der Waals surface area (Å²) in [5.74, 6) is 0.759. The Morgan fingerprint density at radius 1 is 1.03 bits per heavy atom. The molecule has 1 heterocycles. The maximum atomic E-state index is 12.9. The fourth-order valence-corrected chi connectivity index (χ4v) is 4.37. The largest absolute Gasteiger partial charge is 0.497 e. The number of para-hydroxylation sites is 1. The van der Waals surface area contributed by atoms with Gasteiger partial charge in [0.1, 0.15) is 5.75 Å². The van der Waals surface area contributed by atoms with E-state index in [9.17, 15) is 4.79 Å². The molecule has 0 aliphatic heterocycles. The van der Waals surface area contributed by atoms with Crippen LogP contribution in [0.5, 0.6) is 5.75 Å². The molecule has 7 heteroatoms. The van der Waals surface area contributed by atoms with Crippen molar-refractivity contribution in [3.63, 3.8) is 0 Å². The minimum absolute atomic E-state index is 0.0943. The molecular weight excluding hydrogens is 444 g/mol. The highest BCUT2D eigenvalue weighted by molar-refractivity contribution is 7.80. The van der Waals surface area contributed by atoms with E-state index in [1.807, 2.05) is 42.5 Å². The van der Waals surface area contributed by atoms with Gasteiger partial charge < -0.3 is 24.8 Å². The van der Waals surface area contributed by atoms with E-state index in [-0.39, 0.29) is 5.56 Å². The molecule has 2 N–H and O–H groups in total. The van der Waals surface area contributed by atoms with E-state index in [0.717, 1.165) is 61.4 Å². The first kappa shape index (κ1) is 25.7. The maximum absolute atomic E-state index is 12.9. The molecule has 0 saturated carbocycles. The van der Waals surface area contributed by atoms with E-state index >= 15 is 0 Å². The Morgan fingerprint density at radius 3 is 2.50 bits per heavy atom. The minimum Gasteiger partial charge on any atom is -0.497 e. The van der Waals surface area contributed by atoms with Gasteiger partial charge in [-0.2, -0.15) is 0 Å². The van der Waals surface area contributed by atoms with Crippen molar-refractivity contribution in [2.45, 2.75) is 40.2 Å². The Bertz CT molecular complexity index is 1160. The van der Waals surface area contributed by atoms with Crippen LogP contribution in [0.1, 0.15) is 38.3 Å². The topological polar surface area (TPSA) is 60.6 Å². The monoisotopic (exact) mass is 480 g/mol. The smallest absolute Gasteiger partial charge is 0.253 e. The molecule has 0 spiro atoms. The number of fused-ring (bicyclic) bond motifs is 1. The number of hydrogen-bond acceptors (Lipinski definition) is 4. The molecule has 3 rings (SSSR count). The third kappa shape index (κ3) is 6.58. The fraction of sp³-hybridized carbons (Fsp3) is 0.407.